The minimum Gasteiger partial charge on any atom is -0.497 e. The van der Waals surface area contributed by atoms with Gasteiger partial charge >= 0.3 is 6.09 Å². The molecule has 0 aliphatic rings. The largest absolute Gasteiger partial charge is 0.497 e. The Morgan fingerprint density at radius 2 is 1.66 bits per heavy atom. The Bertz CT molecular complexity index is 780. The van der Waals surface area contributed by atoms with E-state index in [4.69, 9.17) is 9.73 Å². The summed E-state index contributed by atoms with van der Waals surface area (Å²) in [5.74, 6) is 1.67. The third kappa shape index (κ3) is 8.18. The second-order valence-corrected chi connectivity index (χ2v) is 6.19. The molecule has 8 heteroatoms. The van der Waals surface area contributed by atoms with E-state index >= 15 is 0 Å². The first kappa shape index (κ1) is 24.5. The molecule has 2 aromatic carbocycles. The fourth-order valence-electron chi connectivity index (χ4n) is 2.58. The predicted octanol–water partition coefficient (Wildman–Crippen LogP) is 4.09. The van der Waals surface area contributed by atoms with Crippen molar-refractivity contribution in [2.45, 2.75) is 20.0 Å². The number of halogens is 1. The normalized spacial score (nSPS) is 10.6. The summed E-state index contributed by atoms with van der Waals surface area (Å²) in [6.07, 6.45) is -0.486. The Labute approximate surface area is 189 Å². The maximum atomic E-state index is 11.2. The molecule has 158 valence electrons. The van der Waals surface area contributed by atoms with E-state index in [1.807, 2.05) is 62.5 Å². The van der Waals surface area contributed by atoms with Gasteiger partial charge in [-0.05, 0) is 42.3 Å². The number of carbonyl (C=O) groups excluding carboxylic acids is 1. The predicted molar refractivity (Wildman–Crippen MR) is 127 cm³/mol. The first-order chi connectivity index (χ1) is 13.5. The van der Waals surface area contributed by atoms with Crippen LogP contribution in [0.3, 0.4) is 0 Å². The van der Waals surface area contributed by atoms with E-state index in [0.29, 0.717) is 12.2 Å². The van der Waals surface area contributed by atoms with Crippen LogP contribution in [-0.2, 0) is 17.8 Å². The summed E-state index contributed by atoms with van der Waals surface area (Å²) in [6.45, 7) is 4.10. The number of aliphatic imine (C=N–C) groups is 1. The van der Waals surface area contributed by atoms with Crippen molar-refractivity contribution in [3.63, 3.8) is 0 Å². The monoisotopic (exact) mass is 512 g/mol. The van der Waals surface area contributed by atoms with Crippen molar-refractivity contribution in [1.82, 2.24) is 10.2 Å². The topological polar surface area (TPSA) is 75.2 Å². The van der Waals surface area contributed by atoms with E-state index in [1.54, 1.807) is 7.11 Å². The SMILES string of the molecule is CCNC(=NCc1ccc(NC(=O)OC)cc1)N(C)Cc1ccc(OC)cc1.I. The standard InChI is InChI=1S/C21H28N4O3.HI/c1-5-22-20(25(2)15-17-8-12-19(27-3)13-9-17)23-14-16-6-10-18(11-7-16)24-21(26)28-4;/h6-13H,5,14-15H2,1-4H3,(H,22,23)(H,24,26);1H. The van der Waals surface area contributed by atoms with E-state index in [-0.39, 0.29) is 24.0 Å². The first-order valence-corrected chi connectivity index (χ1v) is 9.12. The van der Waals surface area contributed by atoms with Gasteiger partial charge in [0.1, 0.15) is 5.75 Å². The minimum absolute atomic E-state index is 0. The molecule has 0 fully saturated rings. The Hall–Kier alpha value is -2.49. The van der Waals surface area contributed by atoms with Gasteiger partial charge in [0.2, 0.25) is 0 Å². The molecule has 2 aromatic rings. The van der Waals surface area contributed by atoms with Gasteiger partial charge in [0.05, 0.1) is 20.8 Å². The van der Waals surface area contributed by atoms with Crippen molar-refractivity contribution >= 4 is 41.7 Å². The number of carbonyl (C=O) groups is 1. The Morgan fingerprint density at radius 3 is 2.21 bits per heavy atom. The van der Waals surface area contributed by atoms with Crippen molar-refractivity contribution in [3.05, 3.63) is 59.7 Å². The van der Waals surface area contributed by atoms with Crippen molar-refractivity contribution in [1.29, 1.82) is 0 Å². The molecule has 0 bridgehead atoms. The van der Waals surface area contributed by atoms with Crippen LogP contribution in [0, 0.1) is 0 Å². The number of anilines is 1. The number of rotatable bonds is 7. The molecule has 2 N–H and O–H groups in total. The van der Waals surface area contributed by atoms with Gasteiger partial charge < -0.3 is 19.7 Å². The molecule has 0 atom stereocenters. The van der Waals surface area contributed by atoms with Gasteiger partial charge in [-0.2, -0.15) is 0 Å². The molecule has 0 saturated carbocycles. The van der Waals surface area contributed by atoms with Crippen molar-refractivity contribution in [3.8, 4) is 5.75 Å². The Morgan fingerprint density at radius 1 is 1.03 bits per heavy atom. The number of guanidine groups is 1. The third-order valence-corrected chi connectivity index (χ3v) is 4.07. The third-order valence-electron chi connectivity index (χ3n) is 4.07. The molecule has 0 spiro atoms. The minimum atomic E-state index is -0.486. The van der Waals surface area contributed by atoms with Gasteiger partial charge in [0.25, 0.3) is 0 Å². The average molecular weight is 512 g/mol. The van der Waals surface area contributed by atoms with E-state index < -0.39 is 6.09 Å². The van der Waals surface area contributed by atoms with Crippen LogP contribution in [0.25, 0.3) is 0 Å². The quantitative estimate of drug-likeness (QED) is 0.332. The molecule has 7 nitrogen and oxygen atoms in total. The van der Waals surface area contributed by atoms with Crippen LogP contribution >= 0.6 is 24.0 Å². The molecule has 29 heavy (non-hydrogen) atoms. The lowest BCUT2D eigenvalue weighted by Gasteiger charge is -2.22. The highest BCUT2D eigenvalue weighted by Crippen LogP contribution is 2.13. The molecule has 0 aromatic heterocycles. The zero-order chi connectivity index (χ0) is 20.4. The summed E-state index contributed by atoms with van der Waals surface area (Å²) in [4.78, 5) is 18.0. The lowest BCUT2D eigenvalue weighted by Crippen LogP contribution is -2.38. The molecule has 2 rings (SSSR count). The van der Waals surface area contributed by atoms with E-state index in [0.717, 1.165) is 30.4 Å². The van der Waals surface area contributed by atoms with Crippen molar-refractivity contribution < 1.29 is 14.3 Å². The second kappa shape index (κ2) is 12.9. The van der Waals surface area contributed by atoms with Crippen molar-refractivity contribution in [2.75, 3.05) is 33.1 Å². The first-order valence-electron chi connectivity index (χ1n) is 9.12. The summed E-state index contributed by atoms with van der Waals surface area (Å²) in [7, 11) is 5.01. The lowest BCUT2D eigenvalue weighted by atomic mass is 10.2. The summed E-state index contributed by atoms with van der Waals surface area (Å²) in [5, 5.41) is 5.95. The van der Waals surface area contributed by atoms with Crippen LogP contribution in [0.5, 0.6) is 5.75 Å². The molecule has 0 radical (unpaired) electrons. The fourth-order valence-corrected chi connectivity index (χ4v) is 2.58. The number of amides is 1. The highest BCUT2D eigenvalue weighted by atomic mass is 127. The van der Waals surface area contributed by atoms with Crippen LogP contribution in [0.15, 0.2) is 53.5 Å². The smallest absolute Gasteiger partial charge is 0.411 e. The molecule has 0 saturated heterocycles. The lowest BCUT2D eigenvalue weighted by molar-refractivity contribution is 0.187. The van der Waals surface area contributed by atoms with E-state index in [2.05, 4.69) is 20.3 Å². The van der Waals surface area contributed by atoms with Gasteiger partial charge in [-0.3, -0.25) is 5.32 Å². The van der Waals surface area contributed by atoms with Crippen LogP contribution in [0.1, 0.15) is 18.1 Å². The summed E-state index contributed by atoms with van der Waals surface area (Å²) >= 11 is 0. The molecule has 0 unspecified atom stereocenters. The summed E-state index contributed by atoms with van der Waals surface area (Å²) in [5.41, 5.74) is 2.90. The molecular weight excluding hydrogens is 483 g/mol. The fraction of sp³-hybridized carbons (Fsp3) is 0.333. The number of ether oxygens (including phenoxy) is 2. The number of hydrogen-bond acceptors (Lipinski definition) is 4. The number of methoxy groups -OCH3 is 2. The second-order valence-electron chi connectivity index (χ2n) is 6.19. The van der Waals surface area contributed by atoms with Gasteiger partial charge in [-0.1, -0.05) is 24.3 Å². The van der Waals surface area contributed by atoms with Gasteiger partial charge in [-0.15, -0.1) is 24.0 Å². The highest BCUT2D eigenvalue weighted by molar-refractivity contribution is 14.0. The number of nitrogens with zero attached hydrogens (tertiary/aromatic N) is 2. The van der Waals surface area contributed by atoms with Crippen molar-refractivity contribution in [2.24, 2.45) is 4.99 Å². The van der Waals surface area contributed by atoms with E-state index in [9.17, 15) is 4.79 Å². The Balaban J connectivity index is 0.00000420. The summed E-state index contributed by atoms with van der Waals surface area (Å²) < 4.78 is 9.79. The van der Waals surface area contributed by atoms with Crippen LogP contribution in [-0.4, -0.2) is 44.8 Å². The number of benzene rings is 2. The number of nitrogens with one attached hydrogen (secondary N) is 2. The van der Waals surface area contributed by atoms with Gasteiger partial charge in [0, 0.05) is 25.8 Å². The van der Waals surface area contributed by atoms with Gasteiger partial charge in [-0.25, -0.2) is 9.79 Å². The highest BCUT2D eigenvalue weighted by Gasteiger charge is 2.07. The maximum Gasteiger partial charge on any atom is 0.411 e. The molecular formula is C21H29IN4O3. The average Bonchev–Trinajstić information content (AvgIpc) is 2.72. The molecule has 0 heterocycles. The zero-order valence-corrected chi connectivity index (χ0v) is 19.6. The maximum absolute atomic E-state index is 11.2. The molecule has 0 aliphatic carbocycles. The summed E-state index contributed by atoms with van der Waals surface area (Å²) in [6, 6.07) is 15.5. The Kier molecular flexibility index (Phi) is 10.9. The molecule has 1 amide bonds. The number of hydrogen-bond donors (Lipinski definition) is 2. The molecule has 0 aliphatic heterocycles. The van der Waals surface area contributed by atoms with E-state index in [1.165, 1.54) is 12.7 Å². The van der Waals surface area contributed by atoms with Crippen LogP contribution in [0.2, 0.25) is 0 Å². The zero-order valence-electron chi connectivity index (χ0n) is 17.3. The van der Waals surface area contributed by atoms with Crippen LogP contribution in [0.4, 0.5) is 10.5 Å². The van der Waals surface area contributed by atoms with Gasteiger partial charge in [0.15, 0.2) is 5.96 Å². The van der Waals surface area contributed by atoms with Crippen LogP contribution < -0.4 is 15.4 Å².